The van der Waals surface area contributed by atoms with Crippen LogP contribution in [0.25, 0.3) is 0 Å². The summed E-state index contributed by atoms with van der Waals surface area (Å²) >= 11 is 0. The largest absolute Gasteiger partial charge is 0.548 e. The van der Waals surface area contributed by atoms with Gasteiger partial charge in [0.25, 0.3) is 0 Å². The van der Waals surface area contributed by atoms with E-state index in [2.05, 4.69) is 0 Å². The van der Waals surface area contributed by atoms with Crippen LogP contribution in [0, 0.1) is 20.8 Å². The highest BCUT2D eigenvalue weighted by molar-refractivity contribution is 7.48. The van der Waals surface area contributed by atoms with Crippen LogP contribution in [0.2, 0.25) is 0 Å². The molecule has 2 aromatic rings. The molecule has 1 atom stereocenters. The minimum Gasteiger partial charge on any atom is -0.294 e. The molecule has 2 rings (SSSR count). The Morgan fingerprint density at radius 1 is 1.05 bits per heavy atom. The Labute approximate surface area is 132 Å². The highest BCUT2D eigenvalue weighted by atomic mass is 31.1. The third-order valence-corrected chi connectivity index (χ3v) is 4.60. The van der Waals surface area contributed by atoms with Crippen molar-refractivity contribution >= 4 is 19.1 Å². The van der Waals surface area contributed by atoms with Crippen molar-refractivity contribution in [2.75, 3.05) is 6.61 Å². The van der Waals surface area contributed by atoms with Gasteiger partial charge >= 0.3 is 8.03 Å². The number of carbonyl (C=O) groups is 1. The van der Waals surface area contributed by atoms with E-state index in [1.54, 1.807) is 12.1 Å². The van der Waals surface area contributed by atoms with Gasteiger partial charge in [0.05, 0.1) is 0 Å². The second-order valence-electron chi connectivity index (χ2n) is 5.37. The zero-order valence-electron chi connectivity index (χ0n) is 13.1. The van der Waals surface area contributed by atoms with Gasteiger partial charge in [-0.1, -0.05) is 35.9 Å². The van der Waals surface area contributed by atoms with Crippen molar-refractivity contribution in [2.24, 2.45) is 0 Å². The van der Waals surface area contributed by atoms with Crippen LogP contribution in [-0.4, -0.2) is 12.4 Å². The molecule has 4 heteroatoms. The molecular weight excluding hydrogens is 295 g/mol. The number of aryl methyl sites for hydroxylation is 3. The molecule has 0 spiro atoms. The smallest absolute Gasteiger partial charge is 0.294 e. The van der Waals surface area contributed by atoms with Crippen LogP contribution >= 0.6 is 8.03 Å². The lowest BCUT2D eigenvalue weighted by Gasteiger charge is -2.09. The number of Topliss-reactive ketones (excluding diaryl/α,β-unsaturated/α-hetero) is 1. The number of benzene rings is 2. The zero-order valence-corrected chi connectivity index (χ0v) is 14.0. The van der Waals surface area contributed by atoms with Crippen LogP contribution in [0.15, 0.2) is 42.5 Å². The molecule has 0 fully saturated rings. The predicted molar refractivity (Wildman–Crippen MR) is 89.2 cm³/mol. The number of hydrogen-bond acceptors (Lipinski definition) is 3. The van der Waals surface area contributed by atoms with Crippen molar-refractivity contribution in [3.05, 3.63) is 64.7 Å². The average molecular weight is 315 g/mol. The summed E-state index contributed by atoms with van der Waals surface area (Å²) in [6.45, 7) is 6.06. The zero-order chi connectivity index (χ0) is 16.1. The maximum absolute atomic E-state index is 12.3. The van der Waals surface area contributed by atoms with Crippen LogP contribution in [0.1, 0.15) is 33.5 Å². The van der Waals surface area contributed by atoms with Gasteiger partial charge in [-0.3, -0.25) is 4.79 Å². The maximum Gasteiger partial charge on any atom is 0.548 e. The van der Waals surface area contributed by atoms with Crippen LogP contribution in [0.4, 0.5) is 0 Å². The molecule has 0 aliphatic carbocycles. The Bertz CT molecular complexity index is 670. The number of rotatable bonds is 6. The molecule has 0 saturated carbocycles. The molecule has 0 saturated heterocycles. The Morgan fingerprint density at radius 3 is 2.23 bits per heavy atom. The van der Waals surface area contributed by atoms with E-state index in [-0.39, 0.29) is 18.8 Å². The van der Waals surface area contributed by atoms with Gasteiger partial charge in [-0.25, -0.2) is 0 Å². The van der Waals surface area contributed by atoms with E-state index < -0.39 is 8.03 Å². The lowest BCUT2D eigenvalue weighted by Crippen LogP contribution is -2.08. The van der Waals surface area contributed by atoms with Crippen LogP contribution in [0.3, 0.4) is 0 Å². The first-order valence-corrected chi connectivity index (χ1v) is 8.43. The first-order chi connectivity index (χ1) is 10.5. The quantitative estimate of drug-likeness (QED) is 0.590. The minimum atomic E-state index is -1.90. The van der Waals surface area contributed by atoms with Gasteiger partial charge in [-0.2, -0.15) is 0 Å². The van der Waals surface area contributed by atoms with Crippen molar-refractivity contribution in [1.82, 2.24) is 0 Å². The van der Waals surface area contributed by atoms with E-state index >= 15 is 0 Å². The van der Waals surface area contributed by atoms with Gasteiger partial charge in [0.2, 0.25) is 5.30 Å². The average Bonchev–Trinajstić information content (AvgIpc) is 2.47. The van der Waals surface area contributed by atoms with Gasteiger partial charge in [-0.15, -0.1) is 4.52 Å². The number of ketones is 1. The summed E-state index contributed by atoms with van der Waals surface area (Å²) in [4.78, 5) is 12.3. The van der Waals surface area contributed by atoms with Crippen LogP contribution in [0.5, 0.6) is 0 Å². The highest BCUT2D eigenvalue weighted by Gasteiger charge is 2.22. The van der Waals surface area contributed by atoms with E-state index in [1.165, 1.54) is 0 Å². The maximum atomic E-state index is 12.3. The lowest BCUT2D eigenvalue weighted by atomic mass is 9.95. The summed E-state index contributed by atoms with van der Waals surface area (Å²) < 4.78 is 17.3. The third kappa shape index (κ3) is 4.09. The molecule has 1 unspecified atom stereocenters. The van der Waals surface area contributed by atoms with E-state index in [1.807, 2.05) is 51.1 Å². The fraction of sp³-hybridized carbons (Fsp3) is 0.278. The second kappa shape index (κ2) is 7.44. The van der Waals surface area contributed by atoms with Crippen molar-refractivity contribution in [3.8, 4) is 0 Å². The van der Waals surface area contributed by atoms with E-state index in [0.717, 1.165) is 22.3 Å². The van der Waals surface area contributed by atoms with Crippen molar-refractivity contribution in [1.29, 1.82) is 0 Å². The van der Waals surface area contributed by atoms with Crippen LogP contribution in [-0.2, 0) is 9.09 Å². The Kier molecular flexibility index (Phi) is 5.59. The predicted octanol–water partition coefficient (Wildman–Crippen LogP) is 4.27. The second-order valence-corrected chi connectivity index (χ2v) is 6.66. The first kappa shape index (κ1) is 16.5. The monoisotopic (exact) mass is 315 g/mol. The molecular formula is C18H20O3P+. The van der Waals surface area contributed by atoms with Gasteiger partial charge in [-0.05, 0) is 48.6 Å². The minimum absolute atomic E-state index is 0.0338. The van der Waals surface area contributed by atoms with Gasteiger partial charge in [0, 0.05) is 12.0 Å². The lowest BCUT2D eigenvalue weighted by molar-refractivity contribution is 0.0963. The summed E-state index contributed by atoms with van der Waals surface area (Å²) in [5.74, 6) is 0.0338. The fourth-order valence-electron chi connectivity index (χ4n) is 2.59. The van der Waals surface area contributed by atoms with E-state index in [9.17, 15) is 9.36 Å². The molecule has 22 heavy (non-hydrogen) atoms. The fourth-order valence-corrected chi connectivity index (χ4v) is 3.41. The molecule has 0 bridgehead atoms. The normalized spacial score (nSPS) is 11.3. The van der Waals surface area contributed by atoms with Gasteiger partial charge < -0.3 is 0 Å². The third-order valence-electron chi connectivity index (χ3n) is 3.46. The molecule has 0 aliphatic heterocycles. The Balaban J connectivity index is 1.95. The molecule has 0 radical (unpaired) electrons. The van der Waals surface area contributed by atoms with Gasteiger partial charge in [0.15, 0.2) is 5.78 Å². The number of hydrogen-bond donors (Lipinski definition) is 0. The van der Waals surface area contributed by atoms with E-state index in [4.69, 9.17) is 4.52 Å². The summed E-state index contributed by atoms with van der Waals surface area (Å²) in [6.07, 6.45) is 0.235. The molecule has 0 aromatic heterocycles. The highest BCUT2D eigenvalue weighted by Crippen LogP contribution is 2.23. The summed E-state index contributed by atoms with van der Waals surface area (Å²) in [5, 5.41) is 0.646. The van der Waals surface area contributed by atoms with Crippen LogP contribution < -0.4 is 5.30 Å². The first-order valence-electron chi connectivity index (χ1n) is 7.25. The van der Waals surface area contributed by atoms with Crippen molar-refractivity contribution < 1.29 is 13.9 Å². The standard InChI is InChI=1S/C18H20O3P/c1-13-11-14(2)18(15(3)12-13)17(19)9-10-21-22(20)16-7-5-4-6-8-16/h4-8,11-12H,9-10H2,1-3H3/q+1. The molecule has 114 valence electrons. The molecule has 3 nitrogen and oxygen atoms in total. The SMILES string of the molecule is Cc1cc(C)c(C(=O)CCO[P+](=O)c2ccccc2)c(C)c1. The summed E-state index contributed by atoms with van der Waals surface area (Å²) in [7, 11) is -1.90. The Morgan fingerprint density at radius 2 is 1.64 bits per heavy atom. The molecule has 2 aromatic carbocycles. The Hall–Kier alpha value is -1.83. The molecule has 0 N–H and O–H groups in total. The van der Waals surface area contributed by atoms with E-state index in [0.29, 0.717) is 5.30 Å². The molecule has 0 heterocycles. The van der Waals surface area contributed by atoms with Crippen molar-refractivity contribution in [3.63, 3.8) is 0 Å². The van der Waals surface area contributed by atoms with Gasteiger partial charge in [0.1, 0.15) is 6.61 Å². The number of carbonyl (C=O) groups excluding carboxylic acids is 1. The summed E-state index contributed by atoms with van der Waals surface area (Å²) in [6, 6.07) is 13.0. The topological polar surface area (TPSA) is 43.4 Å². The molecule has 0 amide bonds. The molecule has 0 aliphatic rings. The van der Waals surface area contributed by atoms with Crippen molar-refractivity contribution in [2.45, 2.75) is 27.2 Å². The summed E-state index contributed by atoms with van der Waals surface area (Å²) in [5.41, 5.74) is 3.86.